The number of esters is 1. The Bertz CT molecular complexity index is 1820. The summed E-state index contributed by atoms with van der Waals surface area (Å²) < 4.78 is 17.6. The zero-order chi connectivity index (χ0) is 37.8. The first-order chi connectivity index (χ1) is 24.8. The van der Waals surface area contributed by atoms with Crippen molar-refractivity contribution in [2.45, 2.75) is 103 Å². The minimum Gasteiger partial charge on any atom is -0.495 e. The molecule has 2 amide bonds. The van der Waals surface area contributed by atoms with Gasteiger partial charge in [-0.2, -0.15) is 0 Å². The van der Waals surface area contributed by atoms with Crippen LogP contribution in [-0.2, 0) is 19.1 Å². The Labute approximate surface area is 316 Å². The zero-order valence-electron chi connectivity index (χ0n) is 31.1. The Hall–Kier alpha value is -3.96. The van der Waals surface area contributed by atoms with Crippen LogP contribution in [0.5, 0.6) is 11.5 Å². The van der Waals surface area contributed by atoms with Gasteiger partial charge < -0.3 is 24.4 Å². The molecule has 52 heavy (non-hydrogen) atoms. The number of likely N-dealkylation sites (tertiary alicyclic amines) is 1. The number of amides is 2. The summed E-state index contributed by atoms with van der Waals surface area (Å²) in [7, 11) is 1.55. The third-order valence-corrected chi connectivity index (χ3v) is 11.3. The van der Waals surface area contributed by atoms with E-state index >= 15 is 0 Å². The highest BCUT2D eigenvalue weighted by molar-refractivity contribution is 7.13. The van der Waals surface area contributed by atoms with Gasteiger partial charge in [0.15, 0.2) is 0 Å². The largest absolute Gasteiger partial charge is 0.495 e. The van der Waals surface area contributed by atoms with Gasteiger partial charge in [-0.05, 0) is 50.7 Å². The quantitative estimate of drug-likeness (QED) is 0.0832. The van der Waals surface area contributed by atoms with Crippen LogP contribution < -0.4 is 14.8 Å². The number of hydrogen-bond donors (Lipinski definition) is 1. The number of methoxy groups -OCH3 is 1. The molecule has 10 nitrogen and oxygen atoms in total. The molecule has 0 unspecified atom stereocenters. The van der Waals surface area contributed by atoms with Gasteiger partial charge in [-0.25, -0.2) is 14.8 Å². The molecule has 4 atom stereocenters. The molecule has 2 aromatic heterocycles. The molecule has 1 aromatic carbocycles. The fourth-order valence-electron chi connectivity index (χ4n) is 6.87. The smallest absolute Gasteiger partial charge is 0.332 e. The number of unbranched alkanes of at least 4 members (excludes halogenated alkanes) is 3. The van der Waals surface area contributed by atoms with Gasteiger partial charge in [0.25, 0.3) is 0 Å². The van der Waals surface area contributed by atoms with Crippen molar-refractivity contribution >= 4 is 51.6 Å². The van der Waals surface area contributed by atoms with Crippen LogP contribution in [0.2, 0.25) is 5.02 Å². The molecule has 2 fully saturated rings. The lowest BCUT2D eigenvalue weighted by atomic mass is 9.85. The summed E-state index contributed by atoms with van der Waals surface area (Å²) in [6.07, 6.45) is 8.06. The second kappa shape index (κ2) is 16.4. The summed E-state index contributed by atoms with van der Waals surface area (Å²) in [6, 6.07) is 4.57. The van der Waals surface area contributed by atoms with Gasteiger partial charge >= 0.3 is 5.97 Å². The van der Waals surface area contributed by atoms with Crippen LogP contribution >= 0.6 is 22.9 Å². The number of nitrogens with one attached hydrogen (secondary N) is 1. The van der Waals surface area contributed by atoms with Gasteiger partial charge in [0.2, 0.25) is 11.8 Å². The molecule has 5 rings (SSSR count). The van der Waals surface area contributed by atoms with E-state index in [1.807, 2.05) is 37.4 Å². The molecule has 3 aromatic rings. The molecule has 280 valence electrons. The van der Waals surface area contributed by atoms with E-state index in [2.05, 4.69) is 32.3 Å². The van der Waals surface area contributed by atoms with Gasteiger partial charge in [-0.3, -0.25) is 9.59 Å². The number of ether oxygens (including phenoxy) is 3. The molecule has 1 aliphatic heterocycles. The van der Waals surface area contributed by atoms with Gasteiger partial charge in [0, 0.05) is 34.6 Å². The predicted octanol–water partition coefficient (Wildman–Crippen LogP) is 8.28. The molecule has 1 saturated heterocycles. The van der Waals surface area contributed by atoms with Gasteiger partial charge in [0.05, 0.1) is 31.5 Å². The summed E-state index contributed by atoms with van der Waals surface area (Å²) in [4.78, 5) is 53.0. The van der Waals surface area contributed by atoms with Crippen LogP contribution in [0.4, 0.5) is 0 Å². The molecule has 12 heteroatoms. The van der Waals surface area contributed by atoms with Crippen LogP contribution in [0.25, 0.3) is 21.6 Å². The van der Waals surface area contributed by atoms with Crippen LogP contribution in [0.1, 0.15) is 91.2 Å². The van der Waals surface area contributed by atoms with E-state index in [0.717, 1.165) is 36.4 Å². The number of carbonyl (C=O) groups excluding carboxylic acids is 3. The summed E-state index contributed by atoms with van der Waals surface area (Å²) in [5.74, 6) is -0.0969. The van der Waals surface area contributed by atoms with E-state index < -0.39 is 35.0 Å². The van der Waals surface area contributed by atoms with Crippen molar-refractivity contribution in [2.24, 2.45) is 11.3 Å². The third-order valence-electron chi connectivity index (χ3n) is 10.1. The first kappa shape index (κ1) is 39.3. The lowest BCUT2D eigenvalue weighted by molar-refractivity contribution is -0.151. The van der Waals surface area contributed by atoms with Crippen molar-refractivity contribution in [1.82, 2.24) is 20.2 Å². The normalized spacial score (nSPS) is 21.2. The lowest BCUT2D eigenvalue weighted by Gasteiger charge is -2.33. The number of nitrogens with zero attached hydrogens (tertiary/aromatic N) is 3. The van der Waals surface area contributed by atoms with E-state index in [1.165, 1.54) is 11.3 Å². The molecular formula is C40H51ClN4O6S. The van der Waals surface area contributed by atoms with E-state index in [1.54, 1.807) is 31.1 Å². The maximum Gasteiger partial charge on any atom is 0.332 e. The van der Waals surface area contributed by atoms with E-state index in [9.17, 15) is 14.4 Å². The Kier molecular flexibility index (Phi) is 12.4. The second-order valence-electron chi connectivity index (χ2n) is 14.7. The molecule has 0 bridgehead atoms. The third kappa shape index (κ3) is 8.15. The number of aromatic nitrogens is 2. The molecule has 0 radical (unpaired) electrons. The summed E-state index contributed by atoms with van der Waals surface area (Å²) in [5.41, 5.74) is 0.111. The maximum atomic E-state index is 14.4. The van der Waals surface area contributed by atoms with Crippen LogP contribution in [0, 0.1) is 11.3 Å². The number of halogens is 1. The van der Waals surface area contributed by atoms with Gasteiger partial charge in [0.1, 0.15) is 44.9 Å². The van der Waals surface area contributed by atoms with E-state index in [-0.39, 0.29) is 37.3 Å². The number of fused-ring (bicyclic) bond motifs is 1. The van der Waals surface area contributed by atoms with Crippen molar-refractivity contribution in [2.75, 3.05) is 20.3 Å². The molecule has 0 spiro atoms. The van der Waals surface area contributed by atoms with Gasteiger partial charge in [-0.15, -0.1) is 24.5 Å². The van der Waals surface area contributed by atoms with Crippen LogP contribution in [0.3, 0.4) is 0 Å². The molecule has 3 heterocycles. The molecule has 2 aliphatic rings. The molecule has 1 saturated carbocycles. The first-order valence-corrected chi connectivity index (χ1v) is 19.4. The number of allylic oxidation sites excluding steroid dienone is 1. The first-order valence-electron chi connectivity index (χ1n) is 18.1. The highest BCUT2D eigenvalue weighted by Crippen LogP contribution is 2.46. The summed E-state index contributed by atoms with van der Waals surface area (Å²) >= 11 is 8.31. The maximum absolute atomic E-state index is 14.4. The fraction of sp³-hybridized carbons (Fsp3) is 0.525. The number of hydrogen-bond acceptors (Lipinski definition) is 9. The summed E-state index contributed by atoms with van der Waals surface area (Å²) in [5, 5.41) is 6.72. The highest BCUT2D eigenvalue weighted by atomic mass is 35.5. The average Bonchev–Trinajstić information content (AvgIpc) is 3.41. The minimum absolute atomic E-state index is 0.138. The SMILES string of the molecule is C=CCCCCCC(C)(C)C(=O)N1C[C@H](Oc2cc(-c3nc(C(C)C)cs3)nc3c(Cl)c(OC)ccc23)C[C@H]1C(=O)N[C@]1(C(=O)OCC)C[C@H]1C=C. The Balaban J connectivity index is 1.48. The van der Waals surface area contributed by atoms with Crippen LogP contribution in [0.15, 0.2) is 48.9 Å². The monoisotopic (exact) mass is 750 g/mol. The van der Waals surface area contributed by atoms with Crippen molar-refractivity contribution in [1.29, 1.82) is 0 Å². The summed E-state index contributed by atoms with van der Waals surface area (Å²) in [6.45, 7) is 17.8. The molecular weight excluding hydrogens is 700 g/mol. The van der Waals surface area contributed by atoms with Crippen molar-refractivity contribution < 1.29 is 28.6 Å². The van der Waals surface area contributed by atoms with Crippen LogP contribution in [-0.4, -0.2) is 70.6 Å². The van der Waals surface area contributed by atoms with Crippen molar-refractivity contribution in [3.63, 3.8) is 0 Å². The van der Waals surface area contributed by atoms with Crippen molar-refractivity contribution in [3.8, 4) is 22.2 Å². The van der Waals surface area contributed by atoms with Gasteiger partial charge in [-0.1, -0.05) is 64.3 Å². The standard InChI is InChI=1S/C40H51ClN4O6S/c1-9-12-13-14-15-18-39(6,7)37(47)45-22-26(19-30(45)35(46)44-40(21-25(40)10-2)38(48)50-11-3)51-32-20-28(36-43-29(23-52-36)24(4)5)42-34-27(32)16-17-31(49-8)33(34)41/h9-10,16-17,20,23-26,30H,1-2,11-15,18-19,21-22H2,3-8H3,(H,44,46)/t25-,26-,30+,40-/m1/s1. The van der Waals surface area contributed by atoms with E-state index in [4.69, 9.17) is 35.8 Å². The van der Waals surface area contributed by atoms with Crippen molar-refractivity contribution in [3.05, 3.63) is 59.6 Å². The number of benzene rings is 1. The number of thiazole rings is 1. The predicted molar refractivity (Wildman–Crippen MR) is 206 cm³/mol. The number of pyridine rings is 1. The highest BCUT2D eigenvalue weighted by Gasteiger charge is 2.62. The lowest BCUT2D eigenvalue weighted by Crippen LogP contribution is -2.55. The second-order valence-corrected chi connectivity index (χ2v) is 15.9. The molecule has 1 N–H and O–H groups in total. The fourth-order valence-corrected chi connectivity index (χ4v) is 8.10. The Morgan fingerprint density at radius 3 is 2.58 bits per heavy atom. The minimum atomic E-state index is -1.20. The Morgan fingerprint density at radius 1 is 1.17 bits per heavy atom. The number of rotatable bonds is 17. The van der Waals surface area contributed by atoms with E-state index in [0.29, 0.717) is 46.0 Å². The zero-order valence-corrected chi connectivity index (χ0v) is 32.7. The Morgan fingerprint density at radius 2 is 1.94 bits per heavy atom. The topological polar surface area (TPSA) is 120 Å². The molecule has 1 aliphatic carbocycles. The number of carbonyl (C=O) groups is 3. The average molecular weight is 751 g/mol.